The lowest BCUT2D eigenvalue weighted by Gasteiger charge is -2.19. The third kappa shape index (κ3) is 4.44. The zero-order chi connectivity index (χ0) is 13.0. The fraction of sp³-hybridized carbons (Fsp3) is 0.417. The normalized spacial score (nSPS) is 10.7. The molecule has 1 rings (SSSR count). The van der Waals surface area contributed by atoms with Crippen molar-refractivity contribution in [3.8, 4) is 0 Å². The Kier molecular flexibility index (Phi) is 5.08. The van der Waals surface area contributed by atoms with Crippen molar-refractivity contribution in [2.45, 2.75) is 6.54 Å². The fourth-order valence-corrected chi connectivity index (χ4v) is 1.85. The first kappa shape index (κ1) is 14.1. The number of hydrogen-bond acceptors (Lipinski definition) is 2. The lowest BCUT2D eigenvalue weighted by Crippen LogP contribution is -2.34. The third-order valence-electron chi connectivity index (χ3n) is 2.36. The second kappa shape index (κ2) is 6.12. The molecule has 0 saturated carbocycles. The Morgan fingerprint density at radius 1 is 1.35 bits per heavy atom. The summed E-state index contributed by atoms with van der Waals surface area (Å²) in [7, 11) is 5.31. The molecule has 0 saturated heterocycles. The van der Waals surface area contributed by atoms with E-state index in [-0.39, 0.29) is 11.7 Å². The molecule has 0 atom stereocenters. The van der Waals surface area contributed by atoms with E-state index in [9.17, 15) is 9.18 Å². The average Bonchev–Trinajstić information content (AvgIpc) is 2.22. The molecule has 0 aliphatic heterocycles. The van der Waals surface area contributed by atoms with Gasteiger partial charge in [0, 0.05) is 25.1 Å². The van der Waals surface area contributed by atoms with E-state index in [1.165, 1.54) is 12.1 Å². The molecule has 0 aromatic heterocycles. The number of halogens is 2. The van der Waals surface area contributed by atoms with Crippen molar-refractivity contribution in [3.05, 3.63) is 34.1 Å². The Hall–Kier alpha value is -0.940. The van der Waals surface area contributed by atoms with Crippen LogP contribution >= 0.6 is 15.9 Å². The van der Waals surface area contributed by atoms with E-state index >= 15 is 0 Å². The van der Waals surface area contributed by atoms with Gasteiger partial charge in [0.05, 0.1) is 6.54 Å². The zero-order valence-corrected chi connectivity index (χ0v) is 11.8. The topological polar surface area (TPSA) is 23.6 Å². The summed E-state index contributed by atoms with van der Waals surface area (Å²) in [6.45, 7) is 0.942. The molecule has 17 heavy (non-hydrogen) atoms. The van der Waals surface area contributed by atoms with Crippen molar-refractivity contribution < 1.29 is 9.18 Å². The summed E-state index contributed by atoms with van der Waals surface area (Å²) in [6.07, 6.45) is 0. The molecule has 0 fully saturated rings. The summed E-state index contributed by atoms with van der Waals surface area (Å²) in [5, 5.41) is 0. The van der Waals surface area contributed by atoms with Crippen LogP contribution in [-0.2, 0) is 11.3 Å². The molecule has 0 bridgehead atoms. The summed E-state index contributed by atoms with van der Waals surface area (Å²) in [5.74, 6) is -0.224. The number of amides is 1. The molecule has 0 heterocycles. The van der Waals surface area contributed by atoms with Gasteiger partial charge in [-0.15, -0.1) is 0 Å². The van der Waals surface area contributed by atoms with Gasteiger partial charge >= 0.3 is 0 Å². The van der Waals surface area contributed by atoms with E-state index in [0.29, 0.717) is 13.1 Å². The molecule has 1 aromatic carbocycles. The van der Waals surface area contributed by atoms with Crippen LogP contribution < -0.4 is 0 Å². The maximum absolute atomic E-state index is 12.9. The molecular weight excluding hydrogens is 287 g/mol. The van der Waals surface area contributed by atoms with Gasteiger partial charge in [-0.2, -0.15) is 0 Å². The lowest BCUT2D eigenvalue weighted by atomic mass is 10.2. The quantitative estimate of drug-likeness (QED) is 0.850. The molecule has 5 heteroatoms. The van der Waals surface area contributed by atoms with Gasteiger partial charge in [0.2, 0.25) is 5.91 Å². The Balaban J connectivity index is 2.62. The van der Waals surface area contributed by atoms with Gasteiger partial charge in [-0.1, -0.05) is 22.0 Å². The number of benzene rings is 1. The predicted octanol–water partition coefficient (Wildman–Crippen LogP) is 2.11. The van der Waals surface area contributed by atoms with Gasteiger partial charge in [0.1, 0.15) is 5.82 Å². The largest absolute Gasteiger partial charge is 0.348 e. The zero-order valence-electron chi connectivity index (χ0n) is 10.2. The van der Waals surface area contributed by atoms with Crippen LogP contribution in [0.4, 0.5) is 4.39 Å². The number of carbonyl (C=O) groups excluding carboxylic acids is 1. The summed E-state index contributed by atoms with van der Waals surface area (Å²) >= 11 is 3.31. The van der Waals surface area contributed by atoms with Gasteiger partial charge < -0.3 is 4.90 Å². The lowest BCUT2D eigenvalue weighted by molar-refractivity contribution is -0.129. The van der Waals surface area contributed by atoms with E-state index < -0.39 is 0 Å². The van der Waals surface area contributed by atoms with Gasteiger partial charge in [-0.05, 0) is 24.7 Å². The van der Waals surface area contributed by atoms with Gasteiger partial charge in [0.25, 0.3) is 0 Å². The predicted molar refractivity (Wildman–Crippen MR) is 69.1 cm³/mol. The van der Waals surface area contributed by atoms with Crippen LogP contribution in [-0.4, -0.2) is 43.4 Å². The second-order valence-electron chi connectivity index (χ2n) is 4.20. The minimum absolute atomic E-state index is 0.0470. The van der Waals surface area contributed by atoms with Crippen LogP contribution in [0.5, 0.6) is 0 Å². The second-order valence-corrected chi connectivity index (χ2v) is 5.05. The van der Waals surface area contributed by atoms with E-state index in [4.69, 9.17) is 0 Å². The van der Waals surface area contributed by atoms with Gasteiger partial charge in [-0.25, -0.2) is 4.39 Å². The van der Waals surface area contributed by atoms with Crippen molar-refractivity contribution in [1.29, 1.82) is 0 Å². The molecular formula is C12H16BrFN2O. The summed E-state index contributed by atoms with van der Waals surface area (Å²) in [6, 6.07) is 4.56. The summed E-state index contributed by atoms with van der Waals surface area (Å²) in [5.41, 5.74) is 0.959. The Labute approximate surface area is 109 Å². The highest BCUT2D eigenvalue weighted by molar-refractivity contribution is 9.10. The van der Waals surface area contributed by atoms with Crippen LogP contribution in [0.25, 0.3) is 0 Å². The minimum Gasteiger partial charge on any atom is -0.348 e. The molecule has 0 N–H and O–H groups in total. The Morgan fingerprint density at radius 2 is 2.00 bits per heavy atom. The first-order valence-corrected chi connectivity index (χ1v) is 6.02. The number of nitrogens with zero attached hydrogens (tertiary/aromatic N) is 2. The van der Waals surface area contributed by atoms with Crippen molar-refractivity contribution in [2.75, 3.05) is 27.7 Å². The number of likely N-dealkylation sites (N-methyl/N-ethyl adjacent to an activating group) is 2. The van der Waals surface area contributed by atoms with Crippen LogP contribution in [0.15, 0.2) is 22.7 Å². The molecule has 0 spiro atoms. The first-order chi connectivity index (χ1) is 7.90. The van der Waals surface area contributed by atoms with Crippen LogP contribution in [0.2, 0.25) is 0 Å². The van der Waals surface area contributed by atoms with Gasteiger partial charge in [0.15, 0.2) is 0 Å². The van der Waals surface area contributed by atoms with E-state index in [1.54, 1.807) is 25.1 Å². The summed E-state index contributed by atoms with van der Waals surface area (Å²) in [4.78, 5) is 14.9. The smallest absolute Gasteiger partial charge is 0.236 e. The van der Waals surface area contributed by atoms with E-state index in [2.05, 4.69) is 15.9 Å². The fourth-order valence-electron chi connectivity index (χ4n) is 1.37. The molecule has 0 aliphatic carbocycles. The van der Waals surface area contributed by atoms with Crippen LogP contribution in [0.3, 0.4) is 0 Å². The maximum Gasteiger partial charge on any atom is 0.236 e. The first-order valence-electron chi connectivity index (χ1n) is 5.22. The van der Waals surface area contributed by atoms with Crippen LogP contribution in [0.1, 0.15) is 5.56 Å². The van der Waals surface area contributed by atoms with Gasteiger partial charge in [-0.3, -0.25) is 9.69 Å². The molecule has 0 radical (unpaired) electrons. The Bertz CT molecular complexity index is 409. The average molecular weight is 303 g/mol. The van der Waals surface area contributed by atoms with Crippen molar-refractivity contribution in [1.82, 2.24) is 9.80 Å². The van der Waals surface area contributed by atoms with Crippen molar-refractivity contribution in [3.63, 3.8) is 0 Å². The Morgan fingerprint density at radius 3 is 2.53 bits per heavy atom. The number of carbonyl (C=O) groups is 1. The van der Waals surface area contributed by atoms with Crippen molar-refractivity contribution in [2.24, 2.45) is 0 Å². The van der Waals surface area contributed by atoms with E-state index in [1.807, 2.05) is 11.9 Å². The minimum atomic E-state index is -0.271. The van der Waals surface area contributed by atoms with E-state index in [0.717, 1.165) is 10.0 Å². The molecule has 0 unspecified atom stereocenters. The highest BCUT2D eigenvalue weighted by Crippen LogP contribution is 2.19. The number of hydrogen-bond donors (Lipinski definition) is 0. The SMILES string of the molecule is CN(CC(=O)N(C)C)Cc1ccc(F)cc1Br. The highest BCUT2D eigenvalue weighted by Gasteiger charge is 2.10. The maximum atomic E-state index is 12.9. The molecule has 1 amide bonds. The monoisotopic (exact) mass is 302 g/mol. The van der Waals surface area contributed by atoms with Crippen LogP contribution in [0, 0.1) is 5.82 Å². The molecule has 1 aromatic rings. The summed E-state index contributed by atoms with van der Waals surface area (Å²) < 4.78 is 13.6. The molecule has 94 valence electrons. The number of rotatable bonds is 4. The standard InChI is InChI=1S/C12H16BrFN2O/c1-15(2)12(17)8-16(3)7-9-4-5-10(14)6-11(9)13/h4-6H,7-8H2,1-3H3. The molecule has 3 nitrogen and oxygen atoms in total. The van der Waals surface area contributed by atoms with Crippen molar-refractivity contribution >= 4 is 21.8 Å². The molecule has 0 aliphatic rings. The third-order valence-corrected chi connectivity index (χ3v) is 3.10. The highest BCUT2D eigenvalue weighted by atomic mass is 79.9.